The van der Waals surface area contributed by atoms with Crippen LogP contribution in [0.2, 0.25) is 0 Å². The molecule has 2 aromatic rings. The van der Waals surface area contributed by atoms with Gasteiger partial charge in [-0.2, -0.15) is 0 Å². The van der Waals surface area contributed by atoms with E-state index in [1.807, 2.05) is 0 Å². The average Bonchev–Trinajstić information content (AvgIpc) is 2.82. The molecule has 0 amide bonds. The highest BCUT2D eigenvalue weighted by Crippen LogP contribution is 2.49. The Kier molecular flexibility index (Phi) is 3.83. The van der Waals surface area contributed by atoms with Gasteiger partial charge >= 0.3 is 0 Å². The van der Waals surface area contributed by atoms with Crippen LogP contribution in [0.4, 0.5) is 0 Å². The predicted molar refractivity (Wildman–Crippen MR) is 94.3 cm³/mol. The smallest absolute Gasteiger partial charge is 0.0687 e. The summed E-state index contributed by atoms with van der Waals surface area (Å²) in [6, 6.07) is 9.44. The summed E-state index contributed by atoms with van der Waals surface area (Å²) in [5.41, 5.74) is 4.55. The number of fused-ring (bicyclic) bond motifs is 3. The van der Waals surface area contributed by atoms with E-state index < -0.39 is 0 Å². The van der Waals surface area contributed by atoms with Crippen LogP contribution in [0.3, 0.4) is 0 Å². The van der Waals surface area contributed by atoms with Crippen molar-refractivity contribution in [1.29, 1.82) is 0 Å². The van der Waals surface area contributed by atoms with Crippen LogP contribution < -0.4 is 0 Å². The maximum atomic E-state index is 2.55. The van der Waals surface area contributed by atoms with E-state index in [2.05, 4.69) is 80.4 Å². The van der Waals surface area contributed by atoms with Gasteiger partial charge in [-0.25, -0.2) is 0 Å². The number of aryl methyl sites for hydroxylation is 2. The third-order valence-electron chi connectivity index (χ3n) is 5.19. The van der Waals surface area contributed by atoms with Crippen molar-refractivity contribution in [3.05, 3.63) is 35.5 Å². The fourth-order valence-electron chi connectivity index (χ4n) is 3.77. The molecule has 2 unspecified atom stereocenters. The number of hydrogen-bond acceptors (Lipinski definition) is 2. The second-order valence-electron chi connectivity index (χ2n) is 6.43. The van der Waals surface area contributed by atoms with E-state index in [9.17, 15) is 0 Å². The fraction of sp³-hybridized carbons (Fsp3) is 0.556. The zero-order chi connectivity index (χ0) is 15.2. The zero-order valence-corrected chi connectivity index (χ0v) is 14.6. The first-order chi connectivity index (χ1) is 10.0. The minimum absolute atomic E-state index is 0.159. The van der Waals surface area contributed by atoms with Crippen LogP contribution in [0.1, 0.15) is 32.0 Å². The summed E-state index contributed by atoms with van der Waals surface area (Å²) in [5.74, 6) is 1.22. The van der Waals surface area contributed by atoms with Crippen LogP contribution in [0.15, 0.2) is 24.3 Å². The molecule has 114 valence electrons. The molecule has 3 rings (SSSR count). The van der Waals surface area contributed by atoms with Gasteiger partial charge in [0.1, 0.15) is 0 Å². The Balaban J connectivity index is 2.30. The van der Waals surface area contributed by atoms with Gasteiger partial charge in [-0.3, -0.25) is 0 Å². The Hall–Kier alpha value is -0.930. The number of thioether (sulfide) groups is 1. The van der Waals surface area contributed by atoms with E-state index in [1.54, 1.807) is 11.3 Å². The number of para-hydroxylation sites is 1. The van der Waals surface area contributed by atoms with Crippen LogP contribution in [-0.4, -0.2) is 35.4 Å². The van der Waals surface area contributed by atoms with Gasteiger partial charge in [0.25, 0.3) is 0 Å². The van der Waals surface area contributed by atoms with E-state index in [0.717, 1.165) is 6.54 Å². The second kappa shape index (κ2) is 5.36. The van der Waals surface area contributed by atoms with Crippen LogP contribution in [0, 0.1) is 0 Å². The topological polar surface area (TPSA) is 8.17 Å². The minimum atomic E-state index is 0.159. The predicted octanol–water partition coefficient (Wildman–Crippen LogP) is 4.12. The summed E-state index contributed by atoms with van der Waals surface area (Å²) in [7, 11) is 4.40. The molecule has 0 N–H and O–H groups in total. The SMILES string of the molecule is CCn1c2c(c3ccccc31)CCSC2(C)C(C)N(C)C. The van der Waals surface area contributed by atoms with Gasteiger partial charge in [0, 0.05) is 29.2 Å². The van der Waals surface area contributed by atoms with Crippen LogP contribution in [0.5, 0.6) is 0 Å². The molecule has 1 aliphatic heterocycles. The van der Waals surface area contributed by atoms with Gasteiger partial charge in [0.15, 0.2) is 0 Å². The fourth-order valence-corrected chi connectivity index (χ4v) is 5.32. The number of hydrogen-bond donors (Lipinski definition) is 0. The number of rotatable bonds is 3. The monoisotopic (exact) mass is 302 g/mol. The molecule has 1 aromatic heterocycles. The van der Waals surface area contributed by atoms with Crippen molar-refractivity contribution >= 4 is 22.7 Å². The molecule has 2 heterocycles. The van der Waals surface area contributed by atoms with Crippen molar-refractivity contribution in [3.63, 3.8) is 0 Å². The lowest BCUT2D eigenvalue weighted by atomic mass is 9.92. The van der Waals surface area contributed by atoms with Crippen molar-refractivity contribution in [1.82, 2.24) is 9.47 Å². The first kappa shape index (κ1) is 15.0. The first-order valence-electron chi connectivity index (χ1n) is 7.91. The molecule has 2 atom stereocenters. The van der Waals surface area contributed by atoms with Crippen molar-refractivity contribution in [2.24, 2.45) is 0 Å². The van der Waals surface area contributed by atoms with Crippen LogP contribution in [-0.2, 0) is 17.7 Å². The van der Waals surface area contributed by atoms with Gasteiger partial charge in [-0.15, -0.1) is 11.8 Å². The van der Waals surface area contributed by atoms with Gasteiger partial charge in [0.05, 0.1) is 4.75 Å². The minimum Gasteiger partial charge on any atom is -0.343 e. The molecular weight excluding hydrogens is 276 g/mol. The summed E-state index contributed by atoms with van der Waals surface area (Å²) in [4.78, 5) is 2.36. The molecule has 0 fully saturated rings. The molecule has 0 bridgehead atoms. The Labute approximate surface area is 132 Å². The molecule has 0 radical (unpaired) electrons. The highest BCUT2D eigenvalue weighted by atomic mass is 32.2. The third-order valence-corrected chi connectivity index (χ3v) is 6.73. The number of aromatic nitrogens is 1. The molecule has 1 aromatic carbocycles. The number of likely N-dealkylation sites (N-methyl/N-ethyl adjacent to an activating group) is 1. The highest BCUT2D eigenvalue weighted by molar-refractivity contribution is 8.00. The van der Waals surface area contributed by atoms with Gasteiger partial charge in [-0.05, 0) is 58.7 Å². The van der Waals surface area contributed by atoms with Crippen molar-refractivity contribution in [2.75, 3.05) is 19.8 Å². The van der Waals surface area contributed by atoms with Gasteiger partial charge in [0.2, 0.25) is 0 Å². The van der Waals surface area contributed by atoms with E-state index in [-0.39, 0.29) is 4.75 Å². The molecule has 2 nitrogen and oxygen atoms in total. The molecule has 1 aliphatic rings. The van der Waals surface area contributed by atoms with E-state index in [4.69, 9.17) is 0 Å². The molecule has 3 heteroatoms. The van der Waals surface area contributed by atoms with Crippen molar-refractivity contribution in [3.8, 4) is 0 Å². The summed E-state index contributed by atoms with van der Waals surface area (Å²) < 4.78 is 2.71. The summed E-state index contributed by atoms with van der Waals surface area (Å²) in [5, 5.41) is 1.46. The summed E-state index contributed by atoms with van der Waals surface area (Å²) in [6.07, 6.45) is 1.20. The molecular formula is C18H26N2S. The Bertz CT molecular complexity index is 626. The first-order valence-corrected chi connectivity index (χ1v) is 8.90. The summed E-state index contributed by atoms with van der Waals surface area (Å²) >= 11 is 2.13. The largest absolute Gasteiger partial charge is 0.343 e. The highest BCUT2D eigenvalue weighted by Gasteiger charge is 2.42. The molecule has 0 spiro atoms. The standard InChI is InChI=1S/C18H26N2S/c1-6-20-16-10-8-7-9-14(16)15-11-12-21-18(3,17(15)20)13(2)19(4)5/h7-10,13H,6,11-12H2,1-5H3. The zero-order valence-electron chi connectivity index (χ0n) is 13.8. The lowest BCUT2D eigenvalue weighted by molar-refractivity contribution is 0.255. The Morgan fingerprint density at radius 1 is 1.33 bits per heavy atom. The van der Waals surface area contributed by atoms with E-state index in [0.29, 0.717) is 6.04 Å². The van der Waals surface area contributed by atoms with Crippen LogP contribution in [0.25, 0.3) is 10.9 Å². The molecule has 0 aliphatic carbocycles. The van der Waals surface area contributed by atoms with E-state index in [1.165, 1.54) is 23.1 Å². The maximum absolute atomic E-state index is 2.55. The third kappa shape index (κ3) is 2.13. The quantitative estimate of drug-likeness (QED) is 0.843. The lowest BCUT2D eigenvalue weighted by Gasteiger charge is -2.42. The average molecular weight is 302 g/mol. The van der Waals surface area contributed by atoms with E-state index >= 15 is 0 Å². The number of benzene rings is 1. The van der Waals surface area contributed by atoms with Gasteiger partial charge in [-0.1, -0.05) is 18.2 Å². The Morgan fingerprint density at radius 2 is 2.05 bits per heavy atom. The molecule has 0 saturated carbocycles. The number of nitrogens with zero attached hydrogens (tertiary/aromatic N) is 2. The van der Waals surface area contributed by atoms with Gasteiger partial charge < -0.3 is 9.47 Å². The summed E-state index contributed by atoms with van der Waals surface area (Å²) in [6.45, 7) is 8.12. The lowest BCUT2D eigenvalue weighted by Crippen LogP contribution is -2.45. The van der Waals surface area contributed by atoms with Crippen molar-refractivity contribution in [2.45, 2.75) is 44.5 Å². The maximum Gasteiger partial charge on any atom is 0.0687 e. The van der Waals surface area contributed by atoms with Crippen molar-refractivity contribution < 1.29 is 0 Å². The Morgan fingerprint density at radius 3 is 2.71 bits per heavy atom. The molecule has 0 saturated heterocycles. The second-order valence-corrected chi connectivity index (χ2v) is 7.98. The molecule has 21 heavy (non-hydrogen) atoms. The normalized spacial score (nSPS) is 23.5. The van der Waals surface area contributed by atoms with Crippen LogP contribution >= 0.6 is 11.8 Å².